The Hall–Kier alpha value is -1.62. The summed E-state index contributed by atoms with van der Waals surface area (Å²) in [6.07, 6.45) is 2.20. The fourth-order valence-corrected chi connectivity index (χ4v) is 2.73. The van der Waals surface area contributed by atoms with Crippen LogP contribution in [0.1, 0.15) is 30.7 Å². The van der Waals surface area contributed by atoms with Crippen molar-refractivity contribution in [2.75, 3.05) is 20.2 Å². The third-order valence-electron chi connectivity index (χ3n) is 3.77. The van der Waals surface area contributed by atoms with Gasteiger partial charge in [0.1, 0.15) is 5.75 Å². The molecule has 110 valence electrons. The number of methoxy groups -OCH3 is 1. The first-order valence-electron chi connectivity index (χ1n) is 7.02. The average molecular weight is 278 g/mol. The summed E-state index contributed by atoms with van der Waals surface area (Å²) in [4.78, 5) is 17.6. The summed E-state index contributed by atoms with van der Waals surface area (Å²) in [6, 6.07) is 3.89. The highest BCUT2D eigenvalue weighted by Gasteiger charge is 2.21. The van der Waals surface area contributed by atoms with Crippen LogP contribution in [-0.4, -0.2) is 41.2 Å². The molecule has 20 heavy (non-hydrogen) atoms. The Morgan fingerprint density at radius 1 is 1.45 bits per heavy atom. The molecule has 0 bridgehead atoms. The lowest BCUT2D eigenvalue weighted by Crippen LogP contribution is -2.34. The second-order valence-electron chi connectivity index (χ2n) is 5.46. The zero-order valence-electron chi connectivity index (χ0n) is 12.1. The number of pyridine rings is 1. The number of aryl methyl sites for hydroxylation is 1. The smallest absolute Gasteiger partial charge is 0.303 e. The van der Waals surface area contributed by atoms with E-state index in [1.54, 1.807) is 7.11 Å². The molecule has 0 unspecified atom stereocenters. The average Bonchev–Trinajstić information content (AvgIpc) is 2.39. The van der Waals surface area contributed by atoms with Crippen LogP contribution in [-0.2, 0) is 11.3 Å². The number of rotatable bonds is 5. The van der Waals surface area contributed by atoms with E-state index in [1.165, 1.54) is 0 Å². The van der Waals surface area contributed by atoms with Gasteiger partial charge in [0.15, 0.2) is 0 Å². The van der Waals surface area contributed by atoms with Crippen molar-refractivity contribution in [3.05, 3.63) is 23.5 Å². The minimum atomic E-state index is -0.687. The highest BCUT2D eigenvalue weighted by molar-refractivity contribution is 5.67. The molecule has 1 aromatic heterocycles. The number of aliphatic carboxylic acids is 1. The first-order chi connectivity index (χ1) is 9.56. The molecule has 1 fully saturated rings. The first kappa shape index (κ1) is 14.8. The van der Waals surface area contributed by atoms with Crippen LogP contribution >= 0.6 is 0 Å². The van der Waals surface area contributed by atoms with E-state index in [9.17, 15) is 4.79 Å². The second kappa shape index (κ2) is 6.70. The van der Waals surface area contributed by atoms with Crippen molar-refractivity contribution >= 4 is 5.97 Å². The van der Waals surface area contributed by atoms with Crippen molar-refractivity contribution in [1.82, 2.24) is 9.88 Å². The highest BCUT2D eigenvalue weighted by atomic mass is 16.5. The molecule has 5 heteroatoms. The van der Waals surface area contributed by atoms with Crippen molar-refractivity contribution in [1.29, 1.82) is 0 Å². The van der Waals surface area contributed by atoms with Crippen molar-refractivity contribution < 1.29 is 14.6 Å². The van der Waals surface area contributed by atoms with E-state index in [0.29, 0.717) is 12.3 Å². The maximum absolute atomic E-state index is 10.7. The third-order valence-corrected chi connectivity index (χ3v) is 3.77. The lowest BCUT2D eigenvalue weighted by molar-refractivity contribution is -0.138. The molecule has 2 rings (SSSR count). The molecule has 0 saturated carbocycles. The number of hydrogen-bond donors (Lipinski definition) is 1. The summed E-state index contributed by atoms with van der Waals surface area (Å²) in [6.45, 7) is 4.65. The van der Waals surface area contributed by atoms with Crippen LogP contribution in [0.2, 0.25) is 0 Å². The van der Waals surface area contributed by atoms with Gasteiger partial charge < -0.3 is 9.84 Å². The Labute approximate surface area is 119 Å². The van der Waals surface area contributed by atoms with Crippen molar-refractivity contribution in [3.63, 3.8) is 0 Å². The van der Waals surface area contributed by atoms with Gasteiger partial charge in [-0.15, -0.1) is 0 Å². The summed E-state index contributed by atoms with van der Waals surface area (Å²) in [5.41, 5.74) is 1.97. The first-order valence-corrected chi connectivity index (χ1v) is 7.02. The van der Waals surface area contributed by atoms with Gasteiger partial charge in [-0.25, -0.2) is 0 Å². The molecule has 1 aromatic rings. The van der Waals surface area contributed by atoms with Gasteiger partial charge in [-0.2, -0.15) is 0 Å². The highest BCUT2D eigenvalue weighted by Crippen LogP contribution is 2.22. The number of carboxylic acid groups (broad SMARTS) is 1. The molecule has 1 aliphatic rings. The number of aromatic nitrogens is 1. The van der Waals surface area contributed by atoms with E-state index >= 15 is 0 Å². The zero-order chi connectivity index (χ0) is 14.5. The number of hydrogen-bond acceptors (Lipinski definition) is 4. The van der Waals surface area contributed by atoms with Gasteiger partial charge in [-0.05, 0) is 38.8 Å². The van der Waals surface area contributed by atoms with E-state index in [4.69, 9.17) is 9.84 Å². The number of ether oxygens (including phenoxy) is 1. The molecule has 0 radical (unpaired) electrons. The van der Waals surface area contributed by atoms with Gasteiger partial charge >= 0.3 is 5.97 Å². The fraction of sp³-hybridized carbons (Fsp3) is 0.600. The summed E-state index contributed by atoms with van der Waals surface area (Å²) >= 11 is 0. The van der Waals surface area contributed by atoms with Crippen LogP contribution in [0.3, 0.4) is 0 Å². The molecule has 0 aliphatic carbocycles. The van der Waals surface area contributed by atoms with Crippen molar-refractivity contribution in [2.24, 2.45) is 5.92 Å². The topological polar surface area (TPSA) is 62.7 Å². The summed E-state index contributed by atoms with van der Waals surface area (Å²) in [5, 5.41) is 8.82. The SMILES string of the molecule is COc1cc(C)nc(CN2CCC(CC(=O)O)CC2)c1. The maximum Gasteiger partial charge on any atom is 0.303 e. The summed E-state index contributed by atoms with van der Waals surface area (Å²) < 4.78 is 5.26. The largest absolute Gasteiger partial charge is 0.497 e. The molecular formula is C15H22N2O3. The summed E-state index contributed by atoms with van der Waals surface area (Å²) in [7, 11) is 1.66. The van der Waals surface area contributed by atoms with Gasteiger partial charge in [-0.1, -0.05) is 0 Å². The van der Waals surface area contributed by atoms with Crippen LogP contribution in [0, 0.1) is 12.8 Å². The predicted molar refractivity (Wildman–Crippen MR) is 75.8 cm³/mol. The van der Waals surface area contributed by atoms with Gasteiger partial charge in [0.05, 0.1) is 12.8 Å². The van der Waals surface area contributed by atoms with Crippen LogP contribution in [0.4, 0.5) is 0 Å². The van der Waals surface area contributed by atoms with E-state index < -0.39 is 5.97 Å². The molecule has 0 aromatic carbocycles. The minimum absolute atomic E-state index is 0.296. The number of nitrogens with zero attached hydrogens (tertiary/aromatic N) is 2. The molecule has 1 N–H and O–H groups in total. The molecule has 1 saturated heterocycles. The molecule has 1 aliphatic heterocycles. The Kier molecular flexibility index (Phi) is 4.95. The fourth-order valence-electron chi connectivity index (χ4n) is 2.73. The minimum Gasteiger partial charge on any atom is -0.497 e. The van der Waals surface area contributed by atoms with E-state index in [1.807, 2.05) is 19.1 Å². The molecule has 2 heterocycles. The van der Waals surface area contributed by atoms with E-state index in [2.05, 4.69) is 9.88 Å². The lowest BCUT2D eigenvalue weighted by atomic mass is 9.93. The van der Waals surface area contributed by atoms with E-state index in [-0.39, 0.29) is 0 Å². The van der Waals surface area contributed by atoms with Crippen molar-refractivity contribution in [2.45, 2.75) is 32.7 Å². The van der Waals surface area contributed by atoms with E-state index in [0.717, 1.165) is 49.6 Å². The quantitative estimate of drug-likeness (QED) is 0.893. The lowest BCUT2D eigenvalue weighted by Gasteiger charge is -2.31. The molecule has 0 amide bonds. The Bertz CT molecular complexity index is 468. The number of likely N-dealkylation sites (tertiary alicyclic amines) is 1. The van der Waals surface area contributed by atoms with Gasteiger partial charge in [0.25, 0.3) is 0 Å². The van der Waals surface area contributed by atoms with Crippen LogP contribution in [0.25, 0.3) is 0 Å². The summed E-state index contributed by atoms with van der Waals surface area (Å²) in [5.74, 6) is 0.477. The van der Waals surface area contributed by atoms with Crippen molar-refractivity contribution in [3.8, 4) is 5.75 Å². The van der Waals surface area contributed by atoms with Crippen LogP contribution < -0.4 is 4.74 Å². The maximum atomic E-state index is 10.7. The monoisotopic (exact) mass is 278 g/mol. The Balaban J connectivity index is 1.89. The number of carboxylic acids is 1. The van der Waals surface area contributed by atoms with Gasteiger partial charge in [0, 0.05) is 30.8 Å². The standard InChI is InChI=1S/C15H22N2O3/c1-11-7-14(20-2)9-13(16-11)10-17-5-3-12(4-6-17)8-15(18)19/h7,9,12H,3-6,8,10H2,1-2H3,(H,18,19). The third kappa shape index (κ3) is 4.20. The number of piperidine rings is 1. The molecule has 0 atom stereocenters. The van der Waals surface area contributed by atoms with Gasteiger partial charge in [0.2, 0.25) is 0 Å². The van der Waals surface area contributed by atoms with Gasteiger partial charge in [-0.3, -0.25) is 14.7 Å². The zero-order valence-corrected chi connectivity index (χ0v) is 12.1. The molecular weight excluding hydrogens is 256 g/mol. The molecule has 5 nitrogen and oxygen atoms in total. The van der Waals surface area contributed by atoms with Crippen LogP contribution in [0.15, 0.2) is 12.1 Å². The second-order valence-corrected chi connectivity index (χ2v) is 5.46. The van der Waals surface area contributed by atoms with Crippen LogP contribution in [0.5, 0.6) is 5.75 Å². The number of carbonyl (C=O) groups is 1. The Morgan fingerprint density at radius 3 is 2.75 bits per heavy atom. The Morgan fingerprint density at radius 2 is 2.15 bits per heavy atom. The normalized spacial score (nSPS) is 17.1. The predicted octanol–water partition coefficient (Wildman–Crippen LogP) is 2.09. The molecule has 0 spiro atoms.